The minimum atomic E-state index is 0.107. The summed E-state index contributed by atoms with van der Waals surface area (Å²) in [4.78, 5) is 21.4. The summed E-state index contributed by atoms with van der Waals surface area (Å²) in [5.41, 5.74) is 3.29. The Kier molecular flexibility index (Phi) is 5.09. The lowest BCUT2D eigenvalue weighted by Crippen LogP contribution is -2.41. The number of thiazole rings is 1. The molecule has 4 rings (SSSR count). The van der Waals surface area contributed by atoms with Crippen LogP contribution in [0.15, 0.2) is 36.4 Å². The summed E-state index contributed by atoms with van der Waals surface area (Å²) >= 11 is 1.57. The number of likely N-dealkylation sites (N-methyl/N-ethyl adjacent to an activating group) is 1. The number of amides is 1. The van der Waals surface area contributed by atoms with Crippen LogP contribution in [0, 0.1) is 0 Å². The average molecular weight is 398 g/mol. The zero-order valence-electron chi connectivity index (χ0n) is 16.3. The number of fused-ring (bicyclic) bond motifs is 2. The molecule has 3 aromatic rings. The number of methoxy groups -OCH3 is 2. The third kappa shape index (κ3) is 3.49. The van der Waals surface area contributed by atoms with E-state index < -0.39 is 0 Å². The second-order valence-electron chi connectivity index (χ2n) is 6.86. The van der Waals surface area contributed by atoms with Crippen molar-refractivity contribution >= 4 is 32.6 Å². The number of anilines is 1. The normalized spacial score (nSPS) is 13.3. The molecule has 6 nitrogen and oxygen atoms in total. The lowest BCUT2D eigenvalue weighted by molar-refractivity contribution is -0.130. The quantitative estimate of drug-likeness (QED) is 0.661. The van der Waals surface area contributed by atoms with Crippen LogP contribution in [-0.2, 0) is 17.8 Å². The molecule has 7 heteroatoms. The van der Waals surface area contributed by atoms with Gasteiger partial charge in [-0.05, 0) is 41.8 Å². The number of nitrogens with zero attached hydrogens (tertiary/aromatic N) is 3. The highest BCUT2D eigenvalue weighted by atomic mass is 32.1. The molecule has 0 radical (unpaired) electrons. The van der Waals surface area contributed by atoms with E-state index in [-0.39, 0.29) is 5.91 Å². The summed E-state index contributed by atoms with van der Waals surface area (Å²) in [5.74, 6) is 1.72. The van der Waals surface area contributed by atoms with E-state index in [1.54, 1.807) is 25.6 Å². The highest BCUT2D eigenvalue weighted by molar-refractivity contribution is 7.22. The van der Waals surface area contributed by atoms with Crippen LogP contribution in [0.5, 0.6) is 11.5 Å². The van der Waals surface area contributed by atoms with Gasteiger partial charge in [0.2, 0.25) is 5.91 Å². The van der Waals surface area contributed by atoms with E-state index in [1.165, 1.54) is 11.1 Å². The fraction of sp³-hybridized carbons (Fsp3) is 0.333. The molecule has 146 valence electrons. The second kappa shape index (κ2) is 7.67. The Morgan fingerprint density at radius 2 is 2.07 bits per heavy atom. The molecule has 28 heavy (non-hydrogen) atoms. The fourth-order valence-corrected chi connectivity index (χ4v) is 4.42. The molecule has 2 heterocycles. The molecule has 0 N–H and O–H groups in total. The number of hydrogen-bond donors (Lipinski definition) is 0. The maximum atomic E-state index is 12.9. The molecule has 1 aromatic heterocycles. The number of ether oxygens (including phenoxy) is 2. The standard InChI is InChI=1S/C21H23N3O3S/c1-23(21-22-20-17(27-3)5-4-6-18(20)28-21)13-19(25)24-10-9-14-11-16(26-2)8-7-15(14)12-24/h4-8,11H,9-10,12-13H2,1-3H3. The molecule has 0 saturated carbocycles. The third-order valence-corrected chi connectivity index (χ3v) is 6.20. The zero-order chi connectivity index (χ0) is 19.7. The fourth-order valence-electron chi connectivity index (χ4n) is 3.48. The number of carbonyl (C=O) groups excluding carboxylic acids is 1. The topological polar surface area (TPSA) is 54.9 Å². The van der Waals surface area contributed by atoms with Crippen LogP contribution in [0.4, 0.5) is 5.13 Å². The molecule has 0 spiro atoms. The lowest BCUT2D eigenvalue weighted by atomic mass is 9.99. The number of hydrogen-bond acceptors (Lipinski definition) is 6. The maximum absolute atomic E-state index is 12.9. The SMILES string of the molecule is COc1ccc2c(c1)CCN(C(=O)CN(C)c1nc3c(OC)cccc3s1)C2. The van der Waals surface area contributed by atoms with E-state index in [9.17, 15) is 4.79 Å². The van der Waals surface area contributed by atoms with E-state index in [1.807, 2.05) is 41.1 Å². The van der Waals surface area contributed by atoms with Gasteiger partial charge in [0.25, 0.3) is 0 Å². The van der Waals surface area contributed by atoms with Crippen LogP contribution in [0.3, 0.4) is 0 Å². The van der Waals surface area contributed by atoms with Crippen LogP contribution in [0.25, 0.3) is 10.2 Å². The number of benzene rings is 2. The minimum Gasteiger partial charge on any atom is -0.497 e. The number of para-hydroxylation sites is 1. The Morgan fingerprint density at radius 1 is 1.21 bits per heavy atom. The van der Waals surface area contributed by atoms with Gasteiger partial charge in [-0.15, -0.1) is 0 Å². The molecule has 1 amide bonds. The van der Waals surface area contributed by atoms with Gasteiger partial charge in [0, 0.05) is 20.1 Å². The van der Waals surface area contributed by atoms with E-state index in [2.05, 4.69) is 17.1 Å². The van der Waals surface area contributed by atoms with Gasteiger partial charge in [0.15, 0.2) is 5.13 Å². The van der Waals surface area contributed by atoms with Gasteiger partial charge < -0.3 is 19.3 Å². The van der Waals surface area contributed by atoms with Crippen LogP contribution in [-0.4, -0.2) is 50.1 Å². The molecule has 0 fully saturated rings. The summed E-state index contributed by atoms with van der Waals surface area (Å²) in [6.07, 6.45) is 0.848. The Labute approximate surface area is 168 Å². The molecular formula is C21H23N3O3S. The summed E-state index contributed by atoms with van der Waals surface area (Å²) in [5, 5.41) is 0.815. The highest BCUT2D eigenvalue weighted by Crippen LogP contribution is 2.33. The van der Waals surface area contributed by atoms with Crippen molar-refractivity contribution in [1.82, 2.24) is 9.88 Å². The Hall–Kier alpha value is -2.80. The van der Waals surface area contributed by atoms with Gasteiger partial charge in [-0.3, -0.25) is 4.79 Å². The van der Waals surface area contributed by atoms with Crippen molar-refractivity contribution in [2.75, 3.05) is 39.3 Å². The highest BCUT2D eigenvalue weighted by Gasteiger charge is 2.23. The summed E-state index contributed by atoms with van der Waals surface area (Å²) in [7, 11) is 5.23. The largest absolute Gasteiger partial charge is 0.497 e. The van der Waals surface area contributed by atoms with Crippen molar-refractivity contribution in [3.8, 4) is 11.5 Å². The third-order valence-electron chi connectivity index (χ3n) is 5.07. The van der Waals surface area contributed by atoms with Gasteiger partial charge >= 0.3 is 0 Å². The van der Waals surface area contributed by atoms with E-state index >= 15 is 0 Å². The molecule has 1 aliphatic rings. The first-order valence-electron chi connectivity index (χ1n) is 9.17. The van der Waals surface area contributed by atoms with Crippen LogP contribution in [0.1, 0.15) is 11.1 Å². The Morgan fingerprint density at radius 3 is 2.86 bits per heavy atom. The van der Waals surface area contributed by atoms with Crippen molar-refractivity contribution in [3.05, 3.63) is 47.5 Å². The van der Waals surface area contributed by atoms with Gasteiger partial charge in [0.05, 0.1) is 25.5 Å². The first-order valence-corrected chi connectivity index (χ1v) is 9.99. The molecule has 1 aliphatic heterocycles. The first-order chi connectivity index (χ1) is 13.6. The number of aromatic nitrogens is 1. The Bertz CT molecular complexity index is 1020. The molecule has 0 saturated heterocycles. The average Bonchev–Trinajstić information content (AvgIpc) is 3.17. The first kappa shape index (κ1) is 18.6. The van der Waals surface area contributed by atoms with E-state index in [0.717, 1.165) is 39.8 Å². The predicted molar refractivity (Wildman–Crippen MR) is 112 cm³/mol. The zero-order valence-corrected chi connectivity index (χ0v) is 17.1. The van der Waals surface area contributed by atoms with E-state index in [0.29, 0.717) is 13.1 Å². The second-order valence-corrected chi connectivity index (χ2v) is 7.87. The number of carbonyl (C=O) groups is 1. The predicted octanol–water partition coefficient (Wildman–Crippen LogP) is 3.33. The molecule has 0 bridgehead atoms. The van der Waals surface area contributed by atoms with Crippen molar-refractivity contribution in [3.63, 3.8) is 0 Å². The summed E-state index contributed by atoms with van der Waals surface area (Å²) in [6, 6.07) is 11.9. The van der Waals surface area contributed by atoms with Crippen LogP contribution >= 0.6 is 11.3 Å². The van der Waals surface area contributed by atoms with Crippen LogP contribution < -0.4 is 14.4 Å². The van der Waals surface area contributed by atoms with Crippen molar-refractivity contribution in [1.29, 1.82) is 0 Å². The minimum absolute atomic E-state index is 0.107. The Balaban J connectivity index is 1.46. The molecule has 2 aromatic carbocycles. The van der Waals surface area contributed by atoms with Gasteiger partial charge in [-0.25, -0.2) is 4.98 Å². The maximum Gasteiger partial charge on any atom is 0.242 e. The van der Waals surface area contributed by atoms with Crippen molar-refractivity contribution < 1.29 is 14.3 Å². The smallest absolute Gasteiger partial charge is 0.242 e. The summed E-state index contributed by atoms with van der Waals surface area (Å²) in [6.45, 7) is 1.66. The van der Waals surface area contributed by atoms with Crippen LogP contribution in [0.2, 0.25) is 0 Å². The summed E-state index contributed by atoms with van der Waals surface area (Å²) < 4.78 is 11.7. The monoisotopic (exact) mass is 397 g/mol. The van der Waals surface area contributed by atoms with Gasteiger partial charge in [-0.2, -0.15) is 0 Å². The van der Waals surface area contributed by atoms with Crippen molar-refractivity contribution in [2.24, 2.45) is 0 Å². The van der Waals surface area contributed by atoms with Gasteiger partial charge in [0.1, 0.15) is 17.0 Å². The molecule has 0 atom stereocenters. The number of rotatable bonds is 5. The van der Waals surface area contributed by atoms with Crippen molar-refractivity contribution in [2.45, 2.75) is 13.0 Å². The molecule has 0 aliphatic carbocycles. The molecular weight excluding hydrogens is 374 g/mol. The molecule has 0 unspecified atom stereocenters. The lowest BCUT2D eigenvalue weighted by Gasteiger charge is -2.30. The van der Waals surface area contributed by atoms with Gasteiger partial charge in [-0.1, -0.05) is 23.5 Å². The van der Waals surface area contributed by atoms with E-state index in [4.69, 9.17) is 9.47 Å².